The number of anilines is 2. The molecular weight excluding hydrogens is 518 g/mol. The van der Waals surface area contributed by atoms with Gasteiger partial charge in [-0.15, -0.1) is 0 Å². The fraction of sp³-hybridized carbons (Fsp3) is 0.484. The predicted octanol–water partition coefficient (Wildman–Crippen LogP) is 4.62. The van der Waals surface area contributed by atoms with Crippen molar-refractivity contribution in [3.05, 3.63) is 64.7 Å². The molecule has 1 unspecified atom stereocenters. The molecule has 1 aliphatic carbocycles. The molecule has 4 heterocycles. The predicted molar refractivity (Wildman–Crippen MR) is 157 cm³/mol. The number of hydrogen-bond acceptors (Lipinski definition) is 8. The highest BCUT2D eigenvalue weighted by atomic mass is 16.5. The smallest absolute Gasteiger partial charge is 0.333 e. The number of amides is 2. The summed E-state index contributed by atoms with van der Waals surface area (Å²) in [5.74, 6) is -0.129. The van der Waals surface area contributed by atoms with Crippen LogP contribution < -0.4 is 15.6 Å². The number of fused-ring (bicyclic) bond motifs is 3. The van der Waals surface area contributed by atoms with E-state index in [4.69, 9.17) is 4.74 Å². The van der Waals surface area contributed by atoms with Crippen molar-refractivity contribution < 1.29 is 14.3 Å². The first kappa shape index (κ1) is 26.3. The van der Waals surface area contributed by atoms with Gasteiger partial charge in [0.05, 0.1) is 30.0 Å². The second-order valence-corrected chi connectivity index (χ2v) is 11.5. The zero-order chi connectivity index (χ0) is 27.8. The van der Waals surface area contributed by atoms with Gasteiger partial charge in [-0.2, -0.15) is 10.2 Å². The maximum Gasteiger partial charge on any atom is 0.333 e. The summed E-state index contributed by atoms with van der Waals surface area (Å²) in [5, 5.41) is 13.6. The minimum absolute atomic E-state index is 0.129. The van der Waals surface area contributed by atoms with Crippen LogP contribution in [0.1, 0.15) is 59.6 Å². The first-order valence-corrected chi connectivity index (χ1v) is 15.0. The van der Waals surface area contributed by atoms with Gasteiger partial charge in [0.25, 0.3) is 0 Å². The molecule has 0 saturated carbocycles. The summed E-state index contributed by atoms with van der Waals surface area (Å²) in [6, 6.07) is 13.8. The third-order valence-corrected chi connectivity index (χ3v) is 9.06. The fourth-order valence-corrected chi connectivity index (χ4v) is 6.88. The number of hydrogen-bond donors (Lipinski definition) is 2. The summed E-state index contributed by atoms with van der Waals surface area (Å²) in [4.78, 5) is 31.6. The zero-order valence-corrected chi connectivity index (χ0v) is 23.3. The Morgan fingerprint density at radius 3 is 2.41 bits per heavy atom. The van der Waals surface area contributed by atoms with Crippen LogP contribution in [0.3, 0.4) is 0 Å². The molecule has 0 aromatic heterocycles. The third kappa shape index (κ3) is 5.16. The van der Waals surface area contributed by atoms with Crippen LogP contribution >= 0.6 is 0 Å². The van der Waals surface area contributed by atoms with E-state index in [1.54, 1.807) is 6.07 Å². The molecule has 41 heavy (non-hydrogen) atoms. The van der Waals surface area contributed by atoms with Crippen molar-refractivity contribution >= 4 is 28.9 Å². The second-order valence-electron chi connectivity index (χ2n) is 11.5. The van der Waals surface area contributed by atoms with Crippen LogP contribution in [0, 0.1) is 0 Å². The number of morpholine rings is 1. The van der Waals surface area contributed by atoms with E-state index in [0.29, 0.717) is 54.9 Å². The number of azo groups is 1. The van der Waals surface area contributed by atoms with Gasteiger partial charge in [-0.05, 0) is 62.5 Å². The lowest BCUT2D eigenvalue weighted by atomic mass is 9.99. The molecule has 2 amide bonds. The first-order chi connectivity index (χ1) is 20.2. The number of benzene rings is 2. The van der Waals surface area contributed by atoms with E-state index >= 15 is 0 Å². The average Bonchev–Trinajstić information content (AvgIpc) is 3.58. The zero-order valence-electron chi connectivity index (χ0n) is 23.3. The van der Waals surface area contributed by atoms with Crippen molar-refractivity contribution in [2.75, 3.05) is 62.7 Å². The lowest BCUT2D eigenvalue weighted by Gasteiger charge is -2.41. The molecule has 5 aliphatic rings. The lowest BCUT2D eigenvalue weighted by Crippen LogP contribution is -2.49. The molecule has 0 radical (unpaired) electrons. The molecule has 1 atom stereocenters. The van der Waals surface area contributed by atoms with Crippen LogP contribution in [0.25, 0.3) is 5.70 Å². The van der Waals surface area contributed by atoms with Crippen LogP contribution in [-0.2, 0) is 4.74 Å². The number of carbonyl (C=O) groups is 2. The molecule has 2 aromatic rings. The molecule has 2 N–H and O–H groups in total. The molecule has 0 bridgehead atoms. The largest absolute Gasteiger partial charge is 0.379 e. The van der Waals surface area contributed by atoms with Gasteiger partial charge in [-0.1, -0.05) is 30.7 Å². The van der Waals surface area contributed by atoms with Crippen molar-refractivity contribution in [1.29, 1.82) is 0 Å². The summed E-state index contributed by atoms with van der Waals surface area (Å²) in [6.07, 6.45) is 6.48. The topological polar surface area (TPSA) is 102 Å². The number of rotatable bonds is 5. The molecule has 0 spiro atoms. The van der Waals surface area contributed by atoms with Gasteiger partial charge in [0.2, 0.25) is 0 Å². The van der Waals surface area contributed by atoms with Crippen molar-refractivity contribution in [2.24, 2.45) is 10.2 Å². The van der Waals surface area contributed by atoms with Crippen molar-refractivity contribution in [3.8, 4) is 0 Å². The first-order valence-electron chi connectivity index (χ1n) is 15.0. The molecule has 214 valence electrons. The number of piperidine rings is 2. The van der Waals surface area contributed by atoms with Crippen molar-refractivity contribution in [1.82, 2.24) is 15.3 Å². The van der Waals surface area contributed by atoms with Gasteiger partial charge in [0, 0.05) is 43.5 Å². The van der Waals surface area contributed by atoms with Crippen molar-refractivity contribution in [3.63, 3.8) is 0 Å². The number of likely N-dealkylation sites (tertiary alicyclic amines) is 1. The second kappa shape index (κ2) is 11.3. The molecule has 10 heteroatoms. The number of nitrogens with one attached hydrogen (secondary N) is 2. The number of urea groups is 1. The van der Waals surface area contributed by atoms with Gasteiger partial charge >= 0.3 is 6.03 Å². The number of Topliss-reactive ketones (excluding diaryl/α,β-unsaturated/α-hetero) is 1. The standard InChI is InChI=1S/C31H37N7O3/c39-30-26-24(5-4-6-25(26)32-31(40)35-38-17-19-41-20-18-38)29-27(30)28(33-34-29)21-7-9-22(10-8-21)37-15-11-23(12-16-37)36-13-2-1-3-14-36/h4-10,23,29H,1-3,11-20H2,(H2,32,35,40). The molecular formula is C31H37N7O3. The summed E-state index contributed by atoms with van der Waals surface area (Å²) in [5.41, 5.74) is 7.90. The number of hydrazine groups is 1. The van der Waals surface area contributed by atoms with E-state index in [9.17, 15) is 9.59 Å². The number of carbonyl (C=O) groups excluding carboxylic acids is 2. The van der Waals surface area contributed by atoms with Crippen LogP contribution in [0.5, 0.6) is 0 Å². The lowest BCUT2D eigenvalue weighted by molar-refractivity contribution is 0.0207. The Kier molecular flexibility index (Phi) is 7.28. The quantitative estimate of drug-likeness (QED) is 0.558. The van der Waals surface area contributed by atoms with Crippen LogP contribution in [0.15, 0.2) is 58.3 Å². The molecule has 10 nitrogen and oxygen atoms in total. The Bertz CT molecular complexity index is 1370. The minimum atomic E-state index is -0.440. The third-order valence-electron chi connectivity index (χ3n) is 9.06. The Morgan fingerprint density at radius 2 is 1.66 bits per heavy atom. The van der Waals surface area contributed by atoms with E-state index in [2.05, 4.69) is 55.0 Å². The molecule has 4 aliphatic heterocycles. The summed E-state index contributed by atoms with van der Waals surface area (Å²) < 4.78 is 5.34. The van der Waals surface area contributed by atoms with Gasteiger partial charge in [-0.25, -0.2) is 9.80 Å². The maximum atomic E-state index is 13.7. The van der Waals surface area contributed by atoms with E-state index in [1.165, 1.54) is 50.9 Å². The highest BCUT2D eigenvalue weighted by Gasteiger charge is 2.42. The number of ketones is 1. The Balaban J connectivity index is 1.05. The minimum Gasteiger partial charge on any atom is -0.379 e. The SMILES string of the molecule is O=C(Nc1cccc2c1C(=O)C1=C(c3ccc(N4CCC(N5CCCCC5)CC4)cc3)N=NC12)NN1CCOCC1. The van der Waals surface area contributed by atoms with E-state index in [1.807, 2.05) is 17.1 Å². The van der Waals surface area contributed by atoms with Gasteiger partial charge < -0.3 is 19.9 Å². The van der Waals surface area contributed by atoms with Crippen molar-refractivity contribution in [2.45, 2.75) is 44.2 Å². The highest BCUT2D eigenvalue weighted by Crippen LogP contribution is 2.49. The van der Waals surface area contributed by atoms with E-state index in [0.717, 1.165) is 24.2 Å². The van der Waals surface area contributed by atoms with Gasteiger partial charge in [0.15, 0.2) is 5.78 Å². The summed E-state index contributed by atoms with van der Waals surface area (Å²) >= 11 is 0. The van der Waals surface area contributed by atoms with Crippen LogP contribution in [0.2, 0.25) is 0 Å². The number of nitrogens with zero attached hydrogens (tertiary/aromatic N) is 5. The molecule has 3 fully saturated rings. The molecule has 2 aromatic carbocycles. The molecule has 7 rings (SSSR count). The van der Waals surface area contributed by atoms with Gasteiger partial charge in [-0.3, -0.25) is 10.2 Å². The Morgan fingerprint density at radius 1 is 0.902 bits per heavy atom. The van der Waals surface area contributed by atoms with E-state index < -0.39 is 6.04 Å². The van der Waals surface area contributed by atoms with Gasteiger partial charge in [0.1, 0.15) is 11.7 Å². The summed E-state index contributed by atoms with van der Waals surface area (Å²) in [6.45, 7) is 7.03. The number of ether oxygens (including phenoxy) is 1. The van der Waals surface area contributed by atoms with E-state index in [-0.39, 0.29) is 11.8 Å². The Labute approximate surface area is 240 Å². The highest BCUT2D eigenvalue weighted by molar-refractivity contribution is 6.22. The normalized spacial score (nSPS) is 23.6. The average molecular weight is 556 g/mol. The fourth-order valence-electron chi connectivity index (χ4n) is 6.88. The Hall–Kier alpha value is -3.60. The molecule has 3 saturated heterocycles. The summed E-state index contributed by atoms with van der Waals surface area (Å²) in [7, 11) is 0. The van der Waals surface area contributed by atoms with Crippen LogP contribution in [-0.4, -0.2) is 80.2 Å². The monoisotopic (exact) mass is 555 g/mol. The maximum absolute atomic E-state index is 13.7. The van der Waals surface area contributed by atoms with Crippen LogP contribution in [0.4, 0.5) is 16.2 Å².